The molecule has 0 radical (unpaired) electrons. The number of H-pyrrole nitrogens is 1. The number of aromatic amines is 1. The van der Waals surface area contributed by atoms with Gasteiger partial charge >= 0.3 is 11.6 Å². The summed E-state index contributed by atoms with van der Waals surface area (Å²) in [5.74, 6) is 2.00. The Bertz CT molecular complexity index is 2400. The second kappa shape index (κ2) is 11.6. The number of ether oxygens (including phenoxy) is 1. The lowest BCUT2D eigenvalue weighted by molar-refractivity contribution is 0.107. The van der Waals surface area contributed by atoms with E-state index in [1.165, 1.54) is 24.3 Å². The molecule has 12 heteroatoms. The van der Waals surface area contributed by atoms with E-state index in [0.29, 0.717) is 35.8 Å². The zero-order valence-electron chi connectivity index (χ0n) is 26.9. The Morgan fingerprint density at radius 1 is 1.27 bits per heavy atom. The number of pyridine rings is 1. The van der Waals surface area contributed by atoms with Gasteiger partial charge in [0.2, 0.25) is 0 Å². The van der Waals surface area contributed by atoms with Crippen LogP contribution in [-0.2, 0) is 6.54 Å². The standard InChI is InChI=1S/C37H32F2N6O4/c1-4-25-28(39)9-8-21-13-24(46)14-27(29(21)25)32-20(2)31-30(35(47)49-32)34(44(3)17-22-16-41-33-26(22)7-5-11-40-33)43-36(42-31)48-19-37-10-6-12-45(37)18-23(38)15-37/h1,5,7-9,11,13-14,16,23,46H,6,10,12,15,17-19H2,2-3H3,(H,40,41)/t23-,37+/m1/s1. The molecule has 4 aromatic heterocycles. The largest absolute Gasteiger partial charge is 0.508 e. The molecule has 8 rings (SSSR count). The summed E-state index contributed by atoms with van der Waals surface area (Å²) in [5.41, 5.74) is 1.35. The fourth-order valence-electron chi connectivity index (χ4n) is 7.68. The highest BCUT2D eigenvalue weighted by molar-refractivity contribution is 6.03. The van der Waals surface area contributed by atoms with E-state index < -0.39 is 23.2 Å². The van der Waals surface area contributed by atoms with Crippen molar-refractivity contribution in [2.24, 2.45) is 0 Å². The van der Waals surface area contributed by atoms with Gasteiger partial charge in [-0.25, -0.2) is 18.6 Å². The van der Waals surface area contributed by atoms with E-state index in [4.69, 9.17) is 25.5 Å². The molecule has 0 amide bonds. The van der Waals surface area contributed by atoms with Gasteiger partial charge in [0.1, 0.15) is 41.1 Å². The average molecular weight is 663 g/mol. The molecule has 2 aliphatic rings. The molecule has 2 saturated heterocycles. The van der Waals surface area contributed by atoms with Crippen molar-refractivity contribution in [1.29, 1.82) is 0 Å². The Labute approximate surface area is 279 Å². The van der Waals surface area contributed by atoms with E-state index in [2.05, 4.69) is 20.8 Å². The van der Waals surface area contributed by atoms with Crippen molar-refractivity contribution in [3.8, 4) is 35.4 Å². The number of rotatable bonds is 7. The fraction of sp³-hybridized carbons (Fsp3) is 0.297. The number of phenolic OH excluding ortho intramolecular Hbond substituents is 1. The summed E-state index contributed by atoms with van der Waals surface area (Å²) in [6, 6.07) is 9.41. The molecular weight excluding hydrogens is 630 g/mol. The third kappa shape index (κ3) is 5.04. The van der Waals surface area contributed by atoms with Gasteiger partial charge in [0.15, 0.2) is 5.82 Å². The first-order valence-electron chi connectivity index (χ1n) is 16.1. The lowest BCUT2D eigenvalue weighted by Crippen LogP contribution is -2.43. The van der Waals surface area contributed by atoms with Crippen LogP contribution in [0.3, 0.4) is 0 Å². The van der Waals surface area contributed by atoms with Gasteiger partial charge in [-0.15, -0.1) is 6.42 Å². The highest BCUT2D eigenvalue weighted by atomic mass is 19.1. The number of terminal acetylenes is 1. The number of hydrogen-bond acceptors (Lipinski definition) is 9. The van der Waals surface area contributed by atoms with Crippen LogP contribution in [-0.4, -0.2) is 68.4 Å². The molecule has 10 nitrogen and oxygen atoms in total. The topological polar surface area (TPSA) is 121 Å². The first-order valence-corrected chi connectivity index (χ1v) is 16.1. The van der Waals surface area contributed by atoms with Crippen LogP contribution in [0.5, 0.6) is 11.8 Å². The van der Waals surface area contributed by atoms with Crippen LogP contribution in [0, 0.1) is 25.1 Å². The van der Waals surface area contributed by atoms with E-state index >= 15 is 0 Å². The normalized spacial score (nSPS) is 19.1. The maximum absolute atomic E-state index is 15.0. The van der Waals surface area contributed by atoms with Gasteiger partial charge in [-0.05, 0) is 67.6 Å². The molecule has 0 spiro atoms. The van der Waals surface area contributed by atoms with Crippen LogP contribution in [0.1, 0.15) is 36.0 Å². The lowest BCUT2D eigenvalue weighted by atomic mass is 9.95. The van der Waals surface area contributed by atoms with Gasteiger partial charge in [-0.1, -0.05) is 12.0 Å². The average Bonchev–Trinajstić information content (AvgIpc) is 3.77. The number of aromatic nitrogens is 4. The van der Waals surface area contributed by atoms with Crippen molar-refractivity contribution in [1.82, 2.24) is 24.8 Å². The first kappa shape index (κ1) is 30.8. The molecular formula is C37H32F2N6O4. The third-order valence-electron chi connectivity index (χ3n) is 9.94. The van der Waals surface area contributed by atoms with Crippen LogP contribution in [0.25, 0.3) is 44.0 Å². The van der Waals surface area contributed by atoms with Gasteiger partial charge in [0.25, 0.3) is 0 Å². The van der Waals surface area contributed by atoms with Crippen LogP contribution in [0.15, 0.2) is 58.0 Å². The second-order valence-corrected chi connectivity index (χ2v) is 13.0. The zero-order valence-corrected chi connectivity index (χ0v) is 26.9. The molecule has 49 heavy (non-hydrogen) atoms. The van der Waals surface area contributed by atoms with Gasteiger partial charge in [-0.2, -0.15) is 9.97 Å². The van der Waals surface area contributed by atoms with E-state index in [9.17, 15) is 18.7 Å². The Balaban J connectivity index is 1.30. The summed E-state index contributed by atoms with van der Waals surface area (Å²) in [6.45, 7) is 3.43. The number of halogens is 2. The Morgan fingerprint density at radius 3 is 2.96 bits per heavy atom. The van der Waals surface area contributed by atoms with E-state index in [0.717, 1.165) is 36.0 Å². The fourth-order valence-corrected chi connectivity index (χ4v) is 7.68. The first-order chi connectivity index (χ1) is 23.7. The van der Waals surface area contributed by atoms with Gasteiger partial charge in [-0.3, -0.25) is 4.90 Å². The number of aryl methyl sites for hydroxylation is 1. The number of fused-ring (bicyclic) bond motifs is 4. The van der Waals surface area contributed by atoms with Crippen LogP contribution in [0.4, 0.5) is 14.6 Å². The number of benzene rings is 2. The molecule has 6 aromatic rings. The number of aromatic hydroxyl groups is 1. The summed E-state index contributed by atoms with van der Waals surface area (Å²) in [4.78, 5) is 35.0. The summed E-state index contributed by atoms with van der Waals surface area (Å²) < 4.78 is 41.8. The van der Waals surface area contributed by atoms with Crippen molar-refractivity contribution >= 4 is 38.5 Å². The minimum Gasteiger partial charge on any atom is -0.508 e. The van der Waals surface area contributed by atoms with Gasteiger partial charge in [0, 0.05) is 60.9 Å². The third-order valence-corrected chi connectivity index (χ3v) is 9.94. The molecule has 0 aliphatic carbocycles. The van der Waals surface area contributed by atoms with Crippen molar-refractivity contribution in [2.45, 2.75) is 44.4 Å². The molecule has 6 heterocycles. The second-order valence-electron chi connectivity index (χ2n) is 13.0. The number of hydrogen-bond donors (Lipinski definition) is 2. The SMILES string of the molecule is C#Cc1c(F)ccc2cc(O)cc(-c3oc(=O)c4c(N(C)Cc5c[nH]c6ncccc56)nc(OC[C@@]56CCCN5C[C@H](F)C6)nc4c3C)c12. The van der Waals surface area contributed by atoms with E-state index in [-0.39, 0.29) is 52.0 Å². The summed E-state index contributed by atoms with van der Waals surface area (Å²) in [5, 5.41) is 12.5. The zero-order chi connectivity index (χ0) is 34.0. The number of nitrogens with one attached hydrogen (secondary N) is 1. The molecule has 0 saturated carbocycles. The van der Waals surface area contributed by atoms with Crippen molar-refractivity contribution < 1.29 is 23.0 Å². The molecule has 2 fully saturated rings. The molecule has 2 atom stereocenters. The van der Waals surface area contributed by atoms with Crippen molar-refractivity contribution in [3.63, 3.8) is 0 Å². The molecule has 0 bridgehead atoms. The molecule has 2 aromatic carbocycles. The molecule has 2 N–H and O–H groups in total. The maximum Gasteiger partial charge on any atom is 0.349 e. The minimum atomic E-state index is -0.932. The molecule has 0 unspecified atom stereocenters. The number of alkyl halides is 1. The van der Waals surface area contributed by atoms with Gasteiger partial charge < -0.3 is 24.1 Å². The van der Waals surface area contributed by atoms with Crippen molar-refractivity contribution in [2.75, 3.05) is 31.6 Å². The van der Waals surface area contributed by atoms with Crippen molar-refractivity contribution in [3.05, 3.63) is 81.7 Å². The minimum absolute atomic E-state index is 0.0225. The highest BCUT2D eigenvalue weighted by Crippen LogP contribution is 2.42. The highest BCUT2D eigenvalue weighted by Gasteiger charge is 2.49. The maximum atomic E-state index is 15.0. The number of anilines is 1. The van der Waals surface area contributed by atoms with Gasteiger partial charge in [0.05, 0.1) is 16.6 Å². The Hall–Kier alpha value is -5.54. The molecule has 248 valence electrons. The van der Waals surface area contributed by atoms with Crippen LogP contribution in [0.2, 0.25) is 0 Å². The van der Waals surface area contributed by atoms with Crippen LogP contribution >= 0.6 is 0 Å². The predicted molar refractivity (Wildman–Crippen MR) is 182 cm³/mol. The van der Waals surface area contributed by atoms with E-state index in [1.807, 2.05) is 23.2 Å². The molecule has 2 aliphatic heterocycles. The number of nitrogens with zero attached hydrogens (tertiary/aromatic N) is 5. The predicted octanol–water partition coefficient (Wildman–Crippen LogP) is 6.01. The Kier molecular flexibility index (Phi) is 7.26. The quantitative estimate of drug-likeness (QED) is 0.198. The number of phenols is 1. The lowest BCUT2D eigenvalue weighted by Gasteiger charge is -2.31. The summed E-state index contributed by atoms with van der Waals surface area (Å²) in [6.07, 6.45) is 10.5. The monoisotopic (exact) mass is 662 g/mol. The van der Waals surface area contributed by atoms with Crippen LogP contribution < -0.4 is 15.3 Å². The Morgan fingerprint density at radius 2 is 2.12 bits per heavy atom. The summed E-state index contributed by atoms with van der Waals surface area (Å²) >= 11 is 0. The summed E-state index contributed by atoms with van der Waals surface area (Å²) in [7, 11) is 1.80. The van der Waals surface area contributed by atoms with E-state index in [1.54, 1.807) is 20.2 Å². The smallest absolute Gasteiger partial charge is 0.349 e.